The van der Waals surface area contributed by atoms with E-state index >= 15 is 0 Å². The number of amides is 1. The van der Waals surface area contributed by atoms with Crippen LogP contribution in [0, 0.1) is 6.92 Å². The molecule has 1 N–H and O–H groups in total. The van der Waals surface area contributed by atoms with E-state index in [1.54, 1.807) is 11.8 Å². The molecule has 3 aromatic rings. The van der Waals surface area contributed by atoms with Gasteiger partial charge < -0.3 is 9.88 Å². The highest BCUT2D eigenvalue weighted by Gasteiger charge is 2.24. The van der Waals surface area contributed by atoms with Gasteiger partial charge in [0.1, 0.15) is 5.82 Å². The lowest BCUT2D eigenvalue weighted by Crippen LogP contribution is -2.17. The molecule has 1 aromatic heterocycles. The fourth-order valence-corrected chi connectivity index (χ4v) is 3.18. The number of hydrogen-bond acceptors (Lipinski definition) is 3. The van der Waals surface area contributed by atoms with E-state index < -0.39 is 0 Å². The van der Waals surface area contributed by atoms with Crippen molar-refractivity contribution in [1.29, 1.82) is 0 Å². The Kier molecular flexibility index (Phi) is 3.50. The minimum absolute atomic E-state index is 0.0753. The van der Waals surface area contributed by atoms with E-state index in [2.05, 4.69) is 16.0 Å². The van der Waals surface area contributed by atoms with Gasteiger partial charge in [-0.2, -0.15) is 0 Å². The van der Waals surface area contributed by atoms with Crippen LogP contribution in [0.25, 0.3) is 22.5 Å². The number of benzene rings is 2. The third-order valence-corrected chi connectivity index (χ3v) is 4.45. The van der Waals surface area contributed by atoms with Gasteiger partial charge in [-0.1, -0.05) is 30.3 Å². The number of hydrogen-bond donors (Lipinski definition) is 1. The van der Waals surface area contributed by atoms with Crippen LogP contribution in [-0.4, -0.2) is 27.8 Å². The maximum atomic E-state index is 12.0. The third kappa shape index (κ3) is 2.74. The molecule has 0 saturated heterocycles. The first-order valence-corrected chi connectivity index (χ1v) is 8.08. The molecule has 1 aliphatic heterocycles. The molecular weight excluding hydrogens is 314 g/mol. The number of nitrogens with one attached hydrogen (secondary N) is 1. The van der Waals surface area contributed by atoms with Crippen molar-refractivity contribution in [3.05, 3.63) is 75.7 Å². The molecule has 25 heavy (non-hydrogen) atoms. The normalized spacial score (nSPS) is 13.2. The van der Waals surface area contributed by atoms with Crippen LogP contribution in [0.1, 0.15) is 21.6 Å². The molecule has 5 nitrogen and oxygen atoms in total. The summed E-state index contributed by atoms with van der Waals surface area (Å²) in [5.41, 5.74) is 5.36. The van der Waals surface area contributed by atoms with Crippen molar-refractivity contribution < 1.29 is 4.79 Å². The number of H-pyrrole nitrogens is 1. The minimum atomic E-state index is -0.154. The third-order valence-electron chi connectivity index (χ3n) is 4.45. The monoisotopic (exact) mass is 331 g/mol. The number of aromatic amines is 1. The molecule has 2 aromatic carbocycles. The molecule has 0 aliphatic carbocycles. The Balaban J connectivity index is 1.68. The van der Waals surface area contributed by atoms with E-state index in [1.807, 2.05) is 43.4 Å². The quantitative estimate of drug-likeness (QED) is 0.785. The lowest BCUT2D eigenvalue weighted by Gasteiger charge is -2.06. The average molecular weight is 331 g/mol. The molecule has 0 bridgehead atoms. The van der Waals surface area contributed by atoms with Gasteiger partial charge in [0.2, 0.25) is 0 Å². The zero-order valence-corrected chi connectivity index (χ0v) is 14.0. The van der Waals surface area contributed by atoms with Crippen molar-refractivity contribution in [2.75, 3.05) is 7.05 Å². The average Bonchev–Trinajstić information content (AvgIpc) is 2.88. The summed E-state index contributed by atoms with van der Waals surface area (Å²) < 4.78 is 0. The Labute approximate surface area is 145 Å². The molecule has 2 heterocycles. The van der Waals surface area contributed by atoms with Crippen LogP contribution < -0.4 is 5.56 Å². The lowest BCUT2D eigenvalue weighted by molar-refractivity contribution is 0.0816. The first-order valence-electron chi connectivity index (χ1n) is 8.08. The molecule has 0 spiro atoms. The Morgan fingerprint density at radius 2 is 1.64 bits per heavy atom. The van der Waals surface area contributed by atoms with Gasteiger partial charge in [-0.15, -0.1) is 0 Å². The van der Waals surface area contributed by atoms with Crippen LogP contribution in [0.4, 0.5) is 0 Å². The summed E-state index contributed by atoms with van der Waals surface area (Å²) in [6.45, 7) is 2.45. The molecule has 0 fully saturated rings. The molecule has 1 amide bonds. The van der Waals surface area contributed by atoms with Crippen LogP contribution in [0.3, 0.4) is 0 Å². The molecule has 0 radical (unpaired) electrons. The number of aromatic nitrogens is 2. The first-order chi connectivity index (χ1) is 12.0. The van der Waals surface area contributed by atoms with E-state index in [1.165, 1.54) is 6.07 Å². The number of nitrogens with zero attached hydrogens (tertiary/aromatic N) is 2. The summed E-state index contributed by atoms with van der Waals surface area (Å²) in [5, 5.41) is 0. The molecule has 1 aliphatic rings. The van der Waals surface area contributed by atoms with E-state index in [4.69, 9.17) is 0 Å². The second-order valence-corrected chi connectivity index (χ2v) is 6.35. The van der Waals surface area contributed by atoms with Gasteiger partial charge in [0.25, 0.3) is 11.5 Å². The number of carbonyl (C=O) groups excluding carboxylic acids is 1. The topological polar surface area (TPSA) is 66.1 Å². The van der Waals surface area contributed by atoms with Crippen LogP contribution in [-0.2, 0) is 6.54 Å². The number of fused-ring (bicyclic) bond motifs is 1. The maximum absolute atomic E-state index is 12.0. The van der Waals surface area contributed by atoms with Crippen molar-refractivity contribution in [3.63, 3.8) is 0 Å². The zero-order chi connectivity index (χ0) is 17.6. The summed E-state index contributed by atoms with van der Waals surface area (Å²) in [5.74, 6) is 0.643. The molecule has 4 rings (SSSR count). The molecular formula is C20H17N3O2. The summed E-state index contributed by atoms with van der Waals surface area (Å²) >= 11 is 0. The predicted octanol–water partition coefficient (Wildman–Crippen LogP) is 3.00. The fourth-order valence-electron chi connectivity index (χ4n) is 3.18. The van der Waals surface area contributed by atoms with Gasteiger partial charge in [0, 0.05) is 36.5 Å². The Morgan fingerprint density at radius 3 is 2.36 bits per heavy atom. The molecule has 0 unspecified atom stereocenters. The zero-order valence-electron chi connectivity index (χ0n) is 14.0. The van der Waals surface area contributed by atoms with Crippen molar-refractivity contribution >= 4 is 5.91 Å². The predicted molar refractivity (Wildman–Crippen MR) is 96.3 cm³/mol. The fraction of sp³-hybridized carbons (Fsp3) is 0.150. The van der Waals surface area contributed by atoms with Crippen molar-refractivity contribution in [3.8, 4) is 22.5 Å². The van der Waals surface area contributed by atoms with Crippen molar-refractivity contribution in [2.24, 2.45) is 0 Å². The molecule has 5 heteroatoms. The largest absolute Gasteiger partial charge is 0.337 e. The minimum Gasteiger partial charge on any atom is -0.337 e. The van der Waals surface area contributed by atoms with Gasteiger partial charge in [0.15, 0.2) is 0 Å². The molecule has 124 valence electrons. The number of rotatable bonds is 2. The Morgan fingerprint density at radius 1 is 0.960 bits per heavy atom. The van der Waals surface area contributed by atoms with Crippen LogP contribution in [0.5, 0.6) is 0 Å². The van der Waals surface area contributed by atoms with E-state index in [0.717, 1.165) is 27.8 Å². The van der Waals surface area contributed by atoms with Crippen LogP contribution >= 0.6 is 0 Å². The Hall–Kier alpha value is -3.21. The second-order valence-electron chi connectivity index (χ2n) is 6.35. The van der Waals surface area contributed by atoms with Crippen LogP contribution in [0.15, 0.2) is 53.3 Å². The molecule has 0 atom stereocenters. The van der Waals surface area contributed by atoms with Gasteiger partial charge in [-0.05, 0) is 35.7 Å². The van der Waals surface area contributed by atoms with E-state index in [-0.39, 0.29) is 11.5 Å². The van der Waals surface area contributed by atoms with Crippen molar-refractivity contribution in [2.45, 2.75) is 13.5 Å². The highest BCUT2D eigenvalue weighted by atomic mass is 16.2. The summed E-state index contributed by atoms with van der Waals surface area (Å²) in [6, 6.07) is 15.3. The van der Waals surface area contributed by atoms with Gasteiger partial charge >= 0.3 is 0 Å². The highest BCUT2D eigenvalue weighted by molar-refractivity contribution is 5.98. The van der Waals surface area contributed by atoms with E-state index in [9.17, 15) is 9.59 Å². The maximum Gasteiger partial charge on any atom is 0.254 e. The summed E-state index contributed by atoms with van der Waals surface area (Å²) in [7, 11) is 1.81. The standard InChI is InChI=1S/C20H17N3O2/c1-12-9-18(24)22-19(21-12)14-5-3-13(4-6-14)15-7-8-17-16(10-15)11-23(2)20(17)25/h3-10H,11H2,1-2H3,(H,21,22,24). The SMILES string of the molecule is Cc1cc(=O)[nH]c(-c2ccc(-c3ccc4c(c3)CN(C)C4=O)cc2)n1. The second kappa shape index (κ2) is 5.70. The first kappa shape index (κ1) is 15.3. The van der Waals surface area contributed by atoms with E-state index in [0.29, 0.717) is 18.1 Å². The highest BCUT2D eigenvalue weighted by Crippen LogP contribution is 2.28. The Bertz CT molecular complexity index is 1040. The van der Waals surface area contributed by atoms with Crippen molar-refractivity contribution in [1.82, 2.24) is 14.9 Å². The lowest BCUT2D eigenvalue weighted by atomic mass is 9.99. The van der Waals surface area contributed by atoms with Gasteiger partial charge in [-0.3, -0.25) is 9.59 Å². The number of carbonyl (C=O) groups is 1. The summed E-state index contributed by atoms with van der Waals surface area (Å²) in [6.07, 6.45) is 0. The summed E-state index contributed by atoms with van der Waals surface area (Å²) in [4.78, 5) is 32.4. The number of aryl methyl sites for hydroxylation is 1. The smallest absolute Gasteiger partial charge is 0.254 e. The van der Waals surface area contributed by atoms with Gasteiger partial charge in [-0.25, -0.2) is 4.98 Å². The van der Waals surface area contributed by atoms with Gasteiger partial charge in [0.05, 0.1) is 0 Å². The molecule has 0 saturated carbocycles. The van der Waals surface area contributed by atoms with Crippen LogP contribution in [0.2, 0.25) is 0 Å².